The fraction of sp³-hybridized carbons (Fsp3) is 0.182. The molecule has 1 aromatic heterocycles. The van der Waals surface area contributed by atoms with Gasteiger partial charge in [0.15, 0.2) is 0 Å². The summed E-state index contributed by atoms with van der Waals surface area (Å²) in [7, 11) is 0. The molecule has 0 saturated heterocycles. The van der Waals surface area contributed by atoms with Gasteiger partial charge in [-0.2, -0.15) is 0 Å². The van der Waals surface area contributed by atoms with Gasteiger partial charge in [-0.3, -0.25) is 14.6 Å². The third-order valence-electron chi connectivity index (χ3n) is 2.81. The van der Waals surface area contributed by atoms with E-state index in [0.717, 1.165) is 16.9 Å². The van der Waals surface area contributed by atoms with Crippen molar-refractivity contribution in [3.05, 3.63) is 45.9 Å². The van der Waals surface area contributed by atoms with Crippen molar-refractivity contribution in [1.29, 1.82) is 0 Å². The lowest BCUT2D eigenvalue weighted by Crippen LogP contribution is -2.13. The monoisotopic (exact) mass is 217 g/mol. The van der Waals surface area contributed by atoms with Crippen LogP contribution in [0.25, 0.3) is 5.69 Å². The molecule has 16 heavy (non-hydrogen) atoms. The molecule has 0 spiro atoms. The predicted molar refractivity (Wildman–Crippen MR) is 58.6 cm³/mol. The molecule has 0 radical (unpaired) electrons. The van der Waals surface area contributed by atoms with E-state index in [9.17, 15) is 9.90 Å². The molecule has 1 aromatic carbocycles. The number of nitrogens with zero attached hydrogens (tertiary/aromatic N) is 1. The van der Waals surface area contributed by atoms with E-state index in [1.165, 1.54) is 0 Å². The Morgan fingerprint density at radius 1 is 1.19 bits per heavy atom. The van der Waals surface area contributed by atoms with Crippen molar-refractivity contribution in [2.75, 3.05) is 0 Å². The van der Waals surface area contributed by atoms with Crippen molar-refractivity contribution in [2.24, 2.45) is 0 Å². The number of rotatable bonds is 1. The Kier molecular flexibility index (Phi) is 1.87. The zero-order valence-corrected chi connectivity index (χ0v) is 8.53. The maximum Gasteiger partial charge on any atom is 0.269 e. The third-order valence-corrected chi connectivity index (χ3v) is 2.81. The lowest BCUT2D eigenvalue weighted by molar-refractivity contribution is 0.475. The van der Waals surface area contributed by atoms with E-state index in [1.807, 2.05) is 0 Å². The molecule has 0 saturated carbocycles. The molecule has 82 valence electrons. The predicted octanol–water partition coefficient (Wildman–Crippen LogP) is 0.474. The van der Waals surface area contributed by atoms with E-state index >= 15 is 0 Å². The van der Waals surface area contributed by atoms with E-state index in [-0.39, 0.29) is 11.3 Å². The van der Waals surface area contributed by atoms with Crippen molar-refractivity contribution in [3.63, 3.8) is 0 Å². The Bertz CT molecular complexity index is 580. The molecule has 0 unspecified atom stereocenters. The number of aromatic nitrogens is 2. The number of aromatic hydroxyl groups is 1. The van der Waals surface area contributed by atoms with Crippen LogP contribution in [0.5, 0.6) is 5.75 Å². The summed E-state index contributed by atoms with van der Waals surface area (Å²) in [5.41, 5.74) is 2.57. The van der Waals surface area contributed by atoms with Gasteiger partial charge in [-0.15, -0.1) is 0 Å². The van der Waals surface area contributed by atoms with Crippen LogP contribution >= 0.6 is 0 Å². The summed E-state index contributed by atoms with van der Waals surface area (Å²) in [4.78, 5) is 11.6. The van der Waals surface area contributed by atoms with Crippen molar-refractivity contribution in [3.8, 4) is 11.4 Å². The van der Waals surface area contributed by atoms with Crippen LogP contribution in [0, 0.1) is 0 Å². The average molecular weight is 217 g/mol. The molecule has 0 atom stereocenters. The van der Waals surface area contributed by atoms with E-state index in [2.05, 4.69) is 10.4 Å². The number of phenolic OH excluding ortho intramolecular Hbond substituents is 1. The Hall–Kier alpha value is -2.01. The fourth-order valence-corrected chi connectivity index (χ4v) is 2.00. The maximum absolute atomic E-state index is 11.6. The molecular formula is C11H11N3O2. The lowest BCUT2D eigenvalue weighted by Gasteiger charge is -2.06. The third kappa shape index (κ3) is 1.25. The molecule has 1 aliphatic heterocycles. The molecule has 5 nitrogen and oxygen atoms in total. The molecular weight excluding hydrogens is 206 g/mol. The van der Waals surface area contributed by atoms with Gasteiger partial charge in [0.1, 0.15) is 5.75 Å². The summed E-state index contributed by atoms with van der Waals surface area (Å²) in [6, 6.07) is 6.73. The molecule has 0 bridgehead atoms. The summed E-state index contributed by atoms with van der Waals surface area (Å²) < 4.78 is 1.76. The Labute approximate surface area is 91.3 Å². The molecule has 5 heteroatoms. The standard InChI is InChI=1S/C11H11N3O2/c15-8-3-1-7(2-4-8)14-10-6-12-5-9(10)11(16)13-14/h1-4,12,15H,5-6H2,(H,13,16). The van der Waals surface area contributed by atoms with Crippen LogP contribution < -0.4 is 10.9 Å². The summed E-state index contributed by atoms with van der Waals surface area (Å²) in [5.74, 6) is 0.216. The van der Waals surface area contributed by atoms with Crippen molar-refractivity contribution < 1.29 is 5.11 Å². The highest BCUT2D eigenvalue weighted by Crippen LogP contribution is 2.18. The molecule has 2 aromatic rings. The zero-order chi connectivity index (χ0) is 11.1. The first-order chi connectivity index (χ1) is 7.75. The van der Waals surface area contributed by atoms with E-state index < -0.39 is 0 Å². The summed E-state index contributed by atoms with van der Waals surface area (Å²) in [6.07, 6.45) is 0. The van der Waals surface area contributed by atoms with Gasteiger partial charge in [-0.1, -0.05) is 0 Å². The SMILES string of the molecule is O=c1[nH]n(-c2ccc(O)cc2)c2c1CNC2. The smallest absolute Gasteiger partial charge is 0.269 e. The van der Waals surface area contributed by atoms with Gasteiger partial charge in [0.25, 0.3) is 5.56 Å². The van der Waals surface area contributed by atoms with Gasteiger partial charge in [-0.25, -0.2) is 0 Å². The number of aromatic amines is 1. The number of benzene rings is 1. The van der Waals surface area contributed by atoms with Crippen LogP contribution in [0.1, 0.15) is 11.3 Å². The first-order valence-corrected chi connectivity index (χ1v) is 5.08. The van der Waals surface area contributed by atoms with Crippen LogP contribution in [-0.2, 0) is 13.1 Å². The number of nitrogens with one attached hydrogen (secondary N) is 2. The highest BCUT2D eigenvalue weighted by atomic mass is 16.3. The Balaban J connectivity index is 2.17. The molecule has 0 amide bonds. The average Bonchev–Trinajstić information content (AvgIpc) is 2.84. The molecule has 0 fully saturated rings. The van der Waals surface area contributed by atoms with Crippen LogP contribution in [0.2, 0.25) is 0 Å². The molecule has 2 heterocycles. The summed E-state index contributed by atoms with van der Waals surface area (Å²) in [6.45, 7) is 1.31. The lowest BCUT2D eigenvalue weighted by atomic mass is 10.2. The van der Waals surface area contributed by atoms with Crippen LogP contribution in [0.4, 0.5) is 0 Å². The number of phenols is 1. The molecule has 0 aliphatic carbocycles. The largest absolute Gasteiger partial charge is 0.508 e. The quantitative estimate of drug-likeness (QED) is 0.650. The number of H-pyrrole nitrogens is 1. The first kappa shape index (κ1) is 9.23. The van der Waals surface area contributed by atoms with Crippen LogP contribution in [-0.4, -0.2) is 14.9 Å². The maximum atomic E-state index is 11.6. The highest BCUT2D eigenvalue weighted by Gasteiger charge is 2.20. The normalized spacial score (nSPS) is 14.0. The van der Waals surface area contributed by atoms with Gasteiger partial charge in [0, 0.05) is 13.1 Å². The Morgan fingerprint density at radius 2 is 1.94 bits per heavy atom. The van der Waals surface area contributed by atoms with Gasteiger partial charge < -0.3 is 10.4 Å². The second kappa shape index (κ2) is 3.24. The van der Waals surface area contributed by atoms with E-state index in [4.69, 9.17) is 0 Å². The molecule has 3 N–H and O–H groups in total. The minimum Gasteiger partial charge on any atom is -0.508 e. The van der Waals surface area contributed by atoms with E-state index in [1.54, 1.807) is 28.9 Å². The summed E-state index contributed by atoms with van der Waals surface area (Å²) >= 11 is 0. The second-order valence-corrected chi connectivity index (χ2v) is 3.82. The van der Waals surface area contributed by atoms with Gasteiger partial charge >= 0.3 is 0 Å². The molecule has 1 aliphatic rings. The van der Waals surface area contributed by atoms with Gasteiger partial charge in [-0.05, 0) is 24.3 Å². The number of fused-ring (bicyclic) bond motifs is 1. The van der Waals surface area contributed by atoms with Crippen molar-refractivity contribution >= 4 is 0 Å². The van der Waals surface area contributed by atoms with Crippen molar-refractivity contribution in [1.82, 2.24) is 15.1 Å². The first-order valence-electron chi connectivity index (χ1n) is 5.08. The van der Waals surface area contributed by atoms with E-state index in [0.29, 0.717) is 13.1 Å². The minimum atomic E-state index is -0.0481. The number of hydrogen-bond acceptors (Lipinski definition) is 3. The highest BCUT2D eigenvalue weighted by molar-refractivity contribution is 5.39. The van der Waals surface area contributed by atoms with Gasteiger partial charge in [0.2, 0.25) is 0 Å². The van der Waals surface area contributed by atoms with Crippen LogP contribution in [0.3, 0.4) is 0 Å². The van der Waals surface area contributed by atoms with Gasteiger partial charge in [0.05, 0.1) is 16.9 Å². The topological polar surface area (TPSA) is 70.0 Å². The van der Waals surface area contributed by atoms with Crippen LogP contribution in [0.15, 0.2) is 29.1 Å². The molecule has 3 rings (SSSR count). The minimum absolute atomic E-state index is 0.0481. The summed E-state index contributed by atoms with van der Waals surface area (Å²) in [5, 5.41) is 15.1. The second-order valence-electron chi connectivity index (χ2n) is 3.82. The number of hydrogen-bond donors (Lipinski definition) is 3. The van der Waals surface area contributed by atoms with Crippen molar-refractivity contribution in [2.45, 2.75) is 13.1 Å². The Morgan fingerprint density at radius 3 is 2.69 bits per heavy atom. The zero-order valence-electron chi connectivity index (χ0n) is 8.53. The fourth-order valence-electron chi connectivity index (χ4n) is 2.00.